The summed E-state index contributed by atoms with van der Waals surface area (Å²) in [7, 11) is 0. The van der Waals surface area contributed by atoms with E-state index < -0.39 is 0 Å². The average Bonchev–Trinajstić information content (AvgIpc) is 3.35. The van der Waals surface area contributed by atoms with Gasteiger partial charge in [0, 0.05) is 49.2 Å². The molecule has 6 nitrogen and oxygen atoms in total. The van der Waals surface area contributed by atoms with Gasteiger partial charge in [0.1, 0.15) is 0 Å². The first-order valence-corrected chi connectivity index (χ1v) is 10.8. The van der Waals surface area contributed by atoms with Crippen molar-refractivity contribution < 1.29 is 9.59 Å². The van der Waals surface area contributed by atoms with Crippen LogP contribution in [0.25, 0.3) is 0 Å². The summed E-state index contributed by atoms with van der Waals surface area (Å²) < 4.78 is 0. The minimum atomic E-state index is -0.00444. The van der Waals surface area contributed by atoms with E-state index in [2.05, 4.69) is 22.1 Å². The number of aryl methyl sites for hydroxylation is 1. The molecule has 2 fully saturated rings. The molecule has 1 aromatic heterocycles. The van der Waals surface area contributed by atoms with Gasteiger partial charge in [0.2, 0.25) is 5.91 Å². The third-order valence-electron chi connectivity index (χ3n) is 5.62. The smallest absolute Gasteiger partial charge is 0.254 e. The predicted octanol–water partition coefficient (Wildman–Crippen LogP) is 1.96. The van der Waals surface area contributed by atoms with Gasteiger partial charge in [0.15, 0.2) is 0 Å². The van der Waals surface area contributed by atoms with Gasteiger partial charge in [0.25, 0.3) is 5.91 Å². The minimum absolute atomic E-state index is 0.00444. The Morgan fingerprint density at radius 3 is 2.82 bits per heavy atom. The highest BCUT2D eigenvalue weighted by atomic mass is 32.1. The van der Waals surface area contributed by atoms with Crippen LogP contribution in [0.5, 0.6) is 0 Å². The van der Waals surface area contributed by atoms with Crippen molar-refractivity contribution in [2.24, 2.45) is 0 Å². The molecule has 7 heteroatoms. The molecule has 0 aliphatic carbocycles. The van der Waals surface area contributed by atoms with Gasteiger partial charge in [-0.1, -0.05) is 25.1 Å². The summed E-state index contributed by atoms with van der Waals surface area (Å²) in [5.41, 5.74) is 1.58. The Kier molecular flexibility index (Phi) is 5.73. The number of carbonyl (C=O) groups excluding carboxylic acids is 2. The first-order chi connectivity index (χ1) is 13.6. The number of hydrogen-bond donors (Lipinski definition) is 1. The van der Waals surface area contributed by atoms with Gasteiger partial charge in [0.05, 0.1) is 17.1 Å². The third-order valence-corrected chi connectivity index (χ3v) is 6.66. The number of nitrogens with one attached hydrogen (secondary N) is 1. The predicted molar refractivity (Wildman–Crippen MR) is 109 cm³/mol. The molecule has 1 aromatic carbocycles. The standard InChI is InChI=1S/C21H26N4O2S/c1-2-20-23-16(14-28-20)10-19(26)22-11-18-13-25(17-8-9-24(18)12-17)21(27)15-6-4-3-5-7-15/h3-7,14,17-18H,2,8-13H2,1H3,(H,22,26). The van der Waals surface area contributed by atoms with E-state index in [-0.39, 0.29) is 23.9 Å². The summed E-state index contributed by atoms with van der Waals surface area (Å²) in [6, 6.07) is 9.92. The van der Waals surface area contributed by atoms with Gasteiger partial charge in [-0.15, -0.1) is 11.3 Å². The molecule has 1 N–H and O–H groups in total. The molecule has 3 heterocycles. The van der Waals surface area contributed by atoms with Crippen LogP contribution >= 0.6 is 11.3 Å². The first kappa shape index (κ1) is 19.1. The fraction of sp³-hybridized carbons (Fsp3) is 0.476. The number of carbonyl (C=O) groups is 2. The van der Waals surface area contributed by atoms with Gasteiger partial charge in [-0.05, 0) is 25.0 Å². The fourth-order valence-corrected chi connectivity index (χ4v) is 4.83. The molecule has 4 rings (SSSR count). The van der Waals surface area contributed by atoms with E-state index in [1.54, 1.807) is 11.3 Å². The largest absolute Gasteiger partial charge is 0.354 e. The van der Waals surface area contributed by atoms with Gasteiger partial charge in [-0.25, -0.2) is 4.98 Å². The molecule has 2 aliphatic heterocycles. The molecule has 148 valence electrons. The fourth-order valence-electron chi connectivity index (χ4n) is 4.09. The van der Waals surface area contributed by atoms with Crippen molar-refractivity contribution in [3.05, 3.63) is 52.0 Å². The maximum Gasteiger partial charge on any atom is 0.254 e. The van der Waals surface area contributed by atoms with Crippen molar-refractivity contribution in [1.29, 1.82) is 0 Å². The zero-order valence-corrected chi connectivity index (χ0v) is 17.0. The highest BCUT2D eigenvalue weighted by molar-refractivity contribution is 7.09. The molecular weight excluding hydrogens is 372 g/mol. The summed E-state index contributed by atoms with van der Waals surface area (Å²) in [6.45, 7) is 5.17. The maximum absolute atomic E-state index is 13.0. The van der Waals surface area contributed by atoms with Gasteiger partial charge in [-0.2, -0.15) is 0 Å². The van der Waals surface area contributed by atoms with E-state index in [0.29, 0.717) is 19.5 Å². The number of hydrogen-bond acceptors (Lipinski definition) is 5. The Bertz CT molecular complexity index is 838. The summed E-state index contributed by atoms with van der Waals surface area (Å²) >= 11 is 1.61. The maximum atomic E-state index is 13.0. The van der Waals surface area contributed by atoms with Crippen LogP contribution in [0.3, 0.4) is 0 Å². The van der Waals surface area contributed by atoms with Gasteiger partial charge < -0.3 is 10.2 Å². The Labute approximate surface area is 169 Å². The normalized spacial score (nSPS) is 23.6. The van der Waals surface area contributed by atoms with Gasteiger partial charge in [-0.3, -0.25) is 14.5 Å². The van der Waals surface area contributed by atoms with Crippen LogP contribution in [0, 0.1) is 0 Å². The molecular formula is C21H26N4O2S. The second-order valence-electron chi connectivity index (χ2n) is 7.48. The number of nitrogens with zero attached hydrogens (tertiary/aromatic N) is 3. The first-order valence-electron chi connectivity index (χ1n) is 9.94. The molecule has 2 amide bonds. The van der Waals surface area contributed by atoms with Crippen LogP contribution in [0.2, 0.25) is 0 Å². The van der Waals surface area contributed by atoms with E-state index in [4.69, 9.17) is 0 Å². The average molecular weight is 399 g/mol. The number of benzene rings is 1. The Balaban J connectivity index is 1.35. The zero-order chi connectivity index (χ0) is 19.5. The van der Waals surface area contributed by atoms with Crippen LogP contribution in [0.15, 0.2) is 35.7 Å². The van der Waals surface area contributed by atoms with Crippen molar-refractivity contribution >= 4 is 23.2 Å². The van der Waals surface area contributed by atoms with Crippen LogP contribution in [0.4, 0.5) is 0 Å². The third kappa shape index (κ3) is 4.10. The van der Waals surface area contributed by atoms with Gasteiger partial charge >= 0.3 is 0 Å². The lowest BCUT2D eigenvalue weighted by Crippen LogP contribution is -2.57. The highest BCUT2D eigenvalue weighted by Gasteiger charge is 2.40. The zero-order valence-electron chi connectivity index (χ0n) is 16.1. The Morgan fingerprint density at radius 1 is 1.25 bits per heavy atom. The summed E-state index contributed by atoms with van der Waals surface area (Å²) in [6.07, 6.45) is 2.22. The van der Waals surface area contributed by atoms with Crippen molar-refractivity contribution in [3.8, 4) is 0 Å². The van der Waals surface area contributed by atoms with E-state index in [0.717, 1.165) is 42.2 Å². The SMILES string of the molecule is CCc1nc(CC(=O)NCC2CN(C(=O)c3ccccc3)C3CCN2C3)cs1. The van der Waals surface area contributed by atoms with E-state index >= 15 is 0 Å². The van der Waals surface area contributed by atoms with Crippen molar-refractivity contribution in [1.82, 2.24) is 20.1 Å². The molecule has 2 aromatic rings. The topological polar surface area (TPSA) is 65.5 Å². The summed E-state index contributed by atoms with van der Waals surface area (Å²) in [4.78, 5) is 34.2. The lowest BCUT2D eigenvalue weighted by molar-refractivity contribution is -0.120. The minimum Gasteiger partial charge on any atom is -0.354 e. The molecule has 0 saturated carbocycles. The molecule has 2 saturated heterocycles. The Hall–Kier alpha value is -2.25. The number of aromatic nitrogens is 1. The monoisotopic (exact) mass is 398 g/mol. The quantitative estimate of drug-likeness (QED) is 0.808. The Morgan fingerprint density at radius 2 is 2.07 bits per heavy atom. The second kappa shape index (κ2) is 8.41. The highest BCUT2D eigenvalue weighted by Crippen LogP contribution is 2.26. The molecule has 2 aliphatic rings. The van der Waals surface area contributed by atoms with Crippen molar-refractivity contribution in [2.75, 3.05) is 26.2 Å². The lowest BCUT2D eigenvalue weighted by Gasteiger charge is -2.40. The lowest BCUT2D eigenvalue weighted by atomic mass is 10.1. The number of fused-ring (bicyclic) bond motifs is 2. The summed E-state index contributed by atoms with van der Waals surface area (Å²) in [5.74, 6) is 0.0910. The van der Waals surface area contributed by atoms with Crippen LogP contribution in [0.1, 0.15) is 34.4 Å². The van der Waals surface area contributed by atoms with E-state index in [1.165, 1.54) is 0 Å². The van der Waals surface area contributed by atoms with Crippen LogP contribution < -0.4 is 5.32 Å². The molecule has 3 unspecified atom stereocenters. The van der Waals surface area contributed by atoms with Crippen LogP contribution in [-0.2, 0) is 17.6 Å². The number of piperazine rings is 1. The van der Waals surface area contributed by atoms with E-state index in [1.807, 2.05) is 40.6 Å². The molecule has 0 spiro atoms. The van der Waals surface area contributed by atoms with Crippen molar-refractivity contribution in [2.45, 2.75) is 38.3 Å². The second-order valence-corrected chi connectivity index (χ2v) is 8.42. The number of thiazole rings is 1. The molecule has 0 radical (unpaired) electrons. The number of rotatable bonds is 6. The van der Waals surface area contributed by atoms with Crippen LogP contribution in [-0.4, -0.2) is 64.9 Å². The van der Waals surface area contributed by atoms with E-state index in [9.17, 15) is 9.59 Å². The molecule has 28 heavy (non-hydrogen) atoms. The number of amides is 2. The molecule has 3 atom stereocenters. The van der Waals surface area contributed by atoms with Crippen molar-refractivity contribution in [3.63, 3.8) is 0 Å². The molecule has 2 bridgehead atoms. The summed E-state index contributed by atoms with van der Waals surface area (Å²) in [5, 5.41) is 6.08.